The molecule has 2 aromatic carbocycles. The molecule has 0 radical (unpaired) electrons. The number of amides is 3. The Morgan fingerprint density at radius 1 is 0.971 bits per heavy atom. The van der Waals surface area contributed by atoms with E-state index in [0.717, 1.165) is 37.6 Å². The predicted molar refractivity (Wildman–Crippen MR) is 263 cm³/mol. The summed E-state index contributed by atoms with van der Waals surface area (Å²) in [6.45, 7) is 22.2. The van der Waals surface area contributed by atoms with Gasteiger partial charge < -0.3 is 35.0 Å². The molecule has 2 saturated heterocycles. The summed E-state index contributed by atoms with van der Waals surface area (Å²) >= 11 is 12.3. The Morgan fingerprint density at radius 2 is 1.65 bits per heavy atom. The number of ether oxygens (including phenoxy) is 2. The number of likely N-dealkylation sites (tertiary alicyclic amines) is 1. The van der Waals surface area contributed by atoms with E-state index in [9.17, 15) is 29.5 Å². The van der Waals surface area contributed by atoms with Crippen LogP contribution in [0.1, 0.15) is 103 Å². The number of pyridine rings is 1. The maximum Gasteiger partial charge on any atom is 0.249 e. The molecule has 3 heterocycles. The van der Waals surface area contributed by atoms with E-state index < -0.39 is 41.5 Å². The van der Waals surface area contributed by atoms with Crippen LogP contribution in [0.3, 0.4) is 0 Å². The fraction of sp³-hybridized carbons (Fsp3) is 0.577. The highest BCUT2D eigenvalue weighted by molar-refractivity contribution is 6.31. The molecule has 368 valence electrons. The summed E-state index contributed by atoms with van der Waals surface area (Å²) in [5, 5.41) is 26.7. The lowest BCUT2D eigenvalue weighted by Crippen LogP contribution is -2.66. The molecule has 0 spiro atoms. The molecule has 14 nitrogen and oxygen atoms in total. The van der Waals surface area contributed by atoms with Gasteiger partial charge in [-0.3, -0.25) is 24.1 Å². The molecule has 1 saturated carbocycles. The average molecular weight is 975 g/mol. The van der Waals surface area contributed by atoms with E-state index in [1.807, 2.05) is 58.9 Å². The van der Waals surface area contributed by atoms with Gasteiger partial charge in [0.2, 0.25) is 17.7 Å². The van der Waals surface area contributed by atoms with Crippen molar-refractivity contribution in [2.24, 2.45) is 28.1 Å². The minimum Gasteiger partial charge on any atom is -0.489 e. The maximum absolute atomic E-state index is 14.2. The van der Waals surface area contributed by atoms with Gasteiger partial charge in [0.05, 0.1) is 23.3 Å². The van der Waals surface area contributed by atoms with Gasteiger partial charge in [0.15, 0.2) is 5.78 Å². The molecule has 3 fully saturated rings. The molecule has 2 aliphatic heterocycles. The summed E-state index contributed by atoms with van der Waals surface area (Å²) in [5.74, 6) is 0.448. The van der Waals surface area contributed by atoms with Crippen LogP contribution in [0.2, 0.25) is 10.0 Å². The van der Waals surface area contributed by atoms with Crippen LogP contribution in [0.15, 0.2) is 60.8 Å². The number of nitriles is 1. The first-order valence-corrected chi connectivity index (χ1v) is 24.5. The van der Waals surface area contributed by atoms with Gasteiger partial charge in [0.1, 0.15) is 41.9 Å². The highest BCUT2D eigenvalue weighted by Gasteiger charge is 2.63. The number of benzene rings is 2. The molecule has 3 amide bonds. The summed E-state index contributed by atoms with van der Waals surface area (Å²) in [4.78, 5) is 65.8. The number of carbonyl (C=O) groups excluding carboxylic acids is 4. The van der Waals surface area contributed by atoms with Gasteiger partial charge in [-0.1, -0.05) is 97.6 Å². The molecule has 6 rings (SSSR count). The van der Waals surface area contributed by atoms with E-state index in [1.165, 1.54) is 4.90 Å². The second-order valence-electron chi connectivity index (χ2n) is 21.3. The van der Waals surface area contributed by atoms with Crippen molar-refractivity contribution in [3.8, 4) is 11.8 Å². The SMILES string of the molecule is CC(C)C[C@H](OCCN1CCN(c2ccc(C(=O)CC3C(C)(C)C(Oc4ccc(C#N)c(Cl)c4)C3(C)C)cn2)CC1)C(=O)N[C@H](C(=O)N1C[C@H](O)C[C@H]1C(=O)NCc1ccc(Cl)cc1)C(C)(C)C. The zero-order chi connectivity index (χ0) is 49.7. The Kier molecular flexibility index (Phi) is 16.9. The Bertz CT molecular complexity index is 2290. The van der Waals surface area contributed by atoms with E-state index in [4.69, 9.17) is 37.7 Å². The van der Waals surface area contributed by atoms with Crippen molar-refractivity contribution in [1.29, 1.82) is 5.26 Å². The van der Waals surface area contributed by atoms with Crippen LogP contribution >= 0.6 is 23.2 Å². The molecular formula is C52H69Cl2N7O7. The lowest BCUT2D eigenvalue weighted by molar-refractivity contribution is -0.196. The van der Waals surface area contributed by atoms with Crippen LogP contribution in [0.25, 0.3) is 0 Å². The molecule has 3 aromatic rings. The van der Waals surface area contributed by atoms with Crippen LogP contribution in [0.5, 0.6) is 5.75 Å². The van der Waals surface area contributed by atoms with Crippen LogP contribution in [0, 0.1) is 39.4 Å². The summed E-state index contributed by atoms with van der Waals surface area (Å²) in [7, 11) is 0. The zero-order valence-electron chi connectivity index (χ0n) is 41.0. The number of rotatable bonds is 18. The van der Waals surface area contributed by atoms with Crippen molar-refractivity contribution >= 4 is 52.5 Å². The highest BCUT2D eigenvalue weighted by Crippen LogP contribution is 2.61. The van der Waals surface area contributed by atoms with E-state index in [0.29, 0.717) is 52.9 Å². The molecule has 16 heteroatoms. The number of halogens is 2. The van der Waals surface area contributed by atoms with Crippen LogP contribution in [-0.2, 0) is 25.7 Å². The summed E-state index contributed by atoms with van der Waals surface area (Å²) in [6, 6.07) is 16.2. The molecule has 0 bridgehead atoms. The normalized spacial score (nSPS) is 22.2. The Balaban J connectivity index is 0.974. The van der Waals surface area contributed by atoms with E-state index >= 15 is 0 Å². The number of aromatic nitrogens is 1. The van der Waals surface area contributed by atoms with Crippen LogP contribution in [0.4, 0.5) is 5.82 Å². The van der Waals surface area contributed by atoms with Crippen molar-refractivity contribution in [2.75, 3.05) is 50.8 Å². The lowest BCUT2D eigenvalue weighted by atomic mass is 9.44. The van der Waals surface area contributed by atoms with E-state index in [2.05, 4.69) is 54.2 Å². The van der Waals surface area contributed by atoms with Gasteiger partial charge in [-0.25, -0.2) is 4.98 Å². The van der Waals surface area contributed by atoms with Gasteiger partial charge in [-0.2, -0.15) is 5.26 Å². The van der Waals surface area contributed by atoms with Crippen LogP contribution < -0.4 is 20.3 Å². The topological polar surface area (TPSA) is 177 Å². The number of carbonyl (C=O) groups is 4. The van der Waals surface area contributed by atoms with Gasteiger partial charge >= 0.3 is 0 Å². The lowest BCUT2D eigenvalue weighted by Gasteiger charge is -2.63. The number of nitrogens with one attached hydrogen (secondary N) is 2. The third-order valence-electron chi connectivity index (χ3n) is 14.0. The molecule has 3 N–H and O–H groups in total. The van der Waals surface area contributed by atoms with Crippen molar-refractivity contribution in [1.82, 2.24) is 25.4 Å². The first-order chi connectivity index (χ1) is 32.0. The van der Waals surface area contributed by atoms with Gasteiger partial charge in [-0.15, -0.1) is 0 Å². The number of hydrogen-bond acceptors (Lipinski definition) is 11. The van der Waals surface area contributed by atoms with Gasteiger partial charge in [-0.05, 0) is 65.6 Å². The monoisotopic (exact) mass is 973 g/mol. The summed E-state index contributed by atoms with van der Waals surface area (Å²) in [6.07, 6.45) is 0.749. The fourth-order valence-corrected chi connectivity index (χ4v) is 10.7. The van der Waals surface area contributed by atoms with Crippen molar-refractivity contribution < 1.29 is 33.8 Å². The summed E-state index contributed by atoms with van der Waals surface area (Å²) in [5.41, 5.74) is 0.516. The van der Waals surface area contributed by atoms with E-state index in [-0.39, 0.29) is 60.0 Å². The quantitative estimate of drug-likeness (QED) is 0.109. The number of ketones is 1. The number of hydrogen-bond donors (Lipinski definition) is 3. The van der Waals surface area contributed by atoms with Gasteiger partial charge in [0.25, 0.3) is 0 Å². The number of aliphatic hydroxyl groups excluding tert-OH is 1. The number of nitrogens with zero attached hydrogens (tertiary/aromatic N) is 5. The predicted octanol–water partition coefficient (Wildman–Crippen LogP) is 7.33. The number of anilines is 1. The van der Waals surface area contributed by atoms with Crippen molar-refractivity contribution in [3.05, 3.63) is 87.5 Å². The third kappa shape index (κ3) is 12.5. The second-order valence-corrected chi connectivity index (χ2v) is 22.2. The van der Waals surface area contributed by atoms with Crippen molar-refractivity contribution in [2.45, 2.75) is 119 Å². The number of piperazine rings is 1. The van der Waals surface area contributed by atoms with Crippen LogP contribution in [-0.4, -0.2) is 120 Å². The first-order valence-electron chi connectivity index (χ1n) is 23.7. The zero-order valence-corrected chi connectivity index (χ0v) is 42.5. The standard InChI is InChI=1S/C52H69Cl2N7O7/c1-32(2)24-42(47(65)58-45(50(3,4)5)48(66)61-31-37(62)25-40(61)46(64)57-29-33-10-14-36(53)15-11-33)67-23-22-59-18-20-60(21-19-59)44-17-13-35(30-56-44)41(63)27-43-51(6,7)49(52(43,8)9)68-38-16-12-34(28-55)39(54)26-38/h10-17,26,30,32,37,40,42-43,45,49,62H,18-25,27,29,31H2,1-9H3,(H,57,64)(H,58,65)/t37-,40+,42+,43?,45-,49?/m1/s1. The molecule has 0 unspecified atom stereocenters. The smallest absolute Gasteiger partial charge is 0.249 e. The fourth-order valence-electron chi connectivity index (χ4n) is 10.3. The highest BCUT2D eigenvalue weighted by atomic mass is 35.5. The number of β-amino-alcohol motifs (C(OH)–C–C–N with tert-alkyl or cyclic N) is 1. The second kappa shape index (κ2) is 21.9. The number of aliphatic hydroxyl groups is 1. The number of Topliss-reactive ketones (excluding diaryl/α,β-unsaturated/α-hetero) is 1. The third-order valence-corrected chi connectivity index (χ3v) is 14.5. The van der Waals surface area contributed by atoms with Gasteiger partial charge in [0, 0.05) is 92.3 Å². The largest absolute Gasteiger partial charge is 0.489 e. The molecule has 3 aliphatic rings. The maximum atomic E-state index is 14.2. The molecule has 4 atom stereocenters. The van der Waals surface area contributed by atoms with Crippen molar-refractivity contribution in [3.63, 3.8) is 0 Å². The minimum absolute atomic E-state index is 0.0174. The minimum atomic E-state index is -0.975. The molecule has 68 heavy (non-hydrogen) atoms. The Morgan fingerprint density at radius 3 is 2.24 bits per heavy atom. The first kappa shape index (κ1) is 52.6. The Labute approximate surface area is 412 Å². The average Bonchev–Trinajstić information content (AvgIpc) is 3.69. The molecule has 1 aliphatic carbocycles. The Hall–Kier alpha value is -4.78. The van der Waals surface area contributed by atoms with E-state index in [1.54, 1.807) is 36.5 Å². The summed E-state index contributed by atoms with van der Waals surface area (Å²) < 4.78 is 12.7. The molecule has 1 aromatic heterocycles. The molecular weight excluding hydrogens is 906 g/mol.